The zero-order valence-corrected chi connectivity index (χ0v) is 10.5. The van der Waals surface area contributed by atoms with Gasteiger partial charge in [-0.25, -0.2) is 0 Å². The monoisotopic (exact) mass is 280 g/mol. The first-order chi connectivity index (χ1) is 8.91. The first-order valence-corrected chi connectivity index (χ1v) is 6.21. The molecule has 0 aromatic rings. The Kier molecular flexibility index (Phi) is 4.75. The van der Waals surface area contributed by atoms with Crippen LogP contribution in [0.3, 0.4) is 0 Å². The van der Waals surface area contributed by atoms with Gasteiger partial charge in [-0.2, -0.15) is 0 Å². The molecular weight excluding hydrogens is 260 g/mol. The molecule has 2 heterocycles. The molecule has 0 aromatic heterocycles. The van der Waals surface area contributed by atoms with Gasteiger partial charge in [-0.05, 0) is 6.92 Å². The van der Waals surface area contributed by atoms with E-state index in [1.807, 2.05) is 0 Å². The molecular formula is C11H20O8. The van der Waals surface area contributed by atoms with Crippen LogP contribution >= 0.6 is 0 Å². The minimum absolute atomic E-state index is 0.00309. The van der Waals surface area contributed by atoms with Crippen LogP contribution in [0.25, 0.3) is 0 Å². The van der Waals surface area contributed by atoms with Crippen LogP contribution in [0.2, 0.25) is 0 Å². The average molecular weight is 280 g/mol. The average Bonchev–Trinajstić information content (AvgIpc) is 2.39. The molecule has 8 heteroatoms. The van der Waals surface area contributed by atoms with E-state index in [4.69, 9.17) is 14.2 Å². The molecule has 0 amide bonds. The van der Waals surface area contributed by atoms with Crippen LogP contribution in [0, 0.1) is 0 Å². The summed E-state index contributed by atoms with van der Waals surface area (Å²) in [6.07, 6.45) is -8.94. The van der Waals surface area contributed by atoms with E-state index < -0.39 is 49.0 Å². The van der Waals surface area contributed by atoms with Crippen LogP contribution in [-0.4, -0.2) is 87.8 Å². The smallest absolute Gasteiger partial charge is 0.186 e. The Bertz CT molecular complexity index is 300. The molecule has 0 unspecified atom stereocenters. The topological polar surface area (TPSA) is 129 Å². The Balaban J connectivity index is 1.99. The maximum atomic E-state index is 9.88. The van der Waals surface area contributed by atoms with E-state index >= 15 is 0 Å². The minimum atomic E-state index is -1.46. The molecule has 2 aliphatic heterocycles. The van der Waals surface area contributed by atoms with Crippen molar-refractivity contribution in [2.45, 2.75) is 55.9 Å². The molecule has 2 saturated heterocycles. The third-order valence-corrected chi connectivity index (χ3v) is 3.47. The van der Waals surface area contributed by atoms with E-state index in [1.54, 1.807) is 6.92 Å². The number of hydrogen-bond donors (Lipinski definition) is 5. The quantitative estimate of drug-likeness (QED) is 0.361. The zero-order chi connectivity index (χ0) is 14.2. The molecule has 0 bridgehead atoms. The van der Waals surface area contributed by atoms with Gasteiger partial charge in [0.2, 0.25) is 0 Å². The highest BCUT2D eigenvalue weighted by atomic mass is 16.7. The van der Waals surface area contributed by atoms with Gasteiger partial charge in [0, 0.05) is 0 Å². The number of aliphatic hydroxyl groups excluding tert-OH is 5. The Morgan fingerprint density at radius 3 is 2.16 bits per heavy atom. The molecule has 0 aromatic carbocycles. The lowest BCUT2D eigenvalue weighted by Gasteiger charge is -2.41. The van der Waals surface area contributed by atoms with Crippen molar-refractivity contribution in [1.29, 1.82) is 0 Å². The number of ether oxygens (including phenoxy) is 3. The third-order valence-electron chi connectivity index (χ3n) is 3.47. The summed E-state index contributed by atoms with van der Waals surface area (Å²) in [6.45, 7) is 1.43. The highest BCUT2D eigenvalue weighted by Crippen LogP contribution is 2.24. The maximum absolute atomic E-state index is 9.88. The van der Waals surface area contributed by atoms with Gasteiger partial charge in [-0.3, -0.25) is 0 Å². The van der Waals surface area contributed by atoms with E-state index in [0.29, 0.717) is 0 Å². The van der Waals surface area contributed by atoms with Gasteiger partial charge in [0.15, 0.2) is 6.29 Å². The Labute approximate surface area is 110 Å². The van der Waals surface area contributed by atoms with Gasteiger partial charge in [0.25, 0.3) is 0 Å². The second-order valence-corrected chi connectivity index (χ2v) is 4.95. The molecule has 2 rings (SSSR count). The first-order valence-electron chi connectivity index (χ1n) is 6.21. The SMILES string of the molecule is C[C@@H]1OC[C@H](O)[C@H](O[C@@H]2OC[C@@H](O)[C@H](O)[C@H]2O)[C@H]1O. The van der Waals surface area contributed by atoms with Gasteiger partial charge < -0.3 is 39.7 Å². The lowest BCUT2D eigenvalue weighted by atomic mass is 10.00. The predicted octanol–water partition coefficient (Wildman–Crippen LogP) is -3.05. The van der Waals surface area contributed by atoms with Crippen molar-refractivity contribution in [3.05, 3.63) is 0 Å². The summed E-state index contributed by atoms with van der Waals surface area (Å²) in [7, 11) is 0. The molecule has 0 aliphatic carbocycles. The van der Waals surface area contributed by atoms with E-state index in [-0.39, 0.29) is 13.2 Å². The van der Waals surface area contributed by atoms with Crippen LogP contribution in [0.1, 0.15) is 6.92 Å². The second-order valence-electron chi connectivity index (χ2n) is 4.95. The minimum Gasteiger partial charge on any atom is -0.388 e. The summed E-state index contributed by atoms with van der Waals surface area (Å²) in [6, 6.07) is 0. The third kappa shape index (κ3) is 3.06. The summed E-state index contributed by atoms with van der Waals surface area (Å²) >= 11 is 0. The molecule has 5 N–H and O–H groups in total. The molecule has 112 valence electrons. The highest BCUT2D eigenvalue weighted by molar-refractivity contribution is 4.89. The molecule has 2 aliphatic rings. The Hall–Kier alpha value is -0.320. The summed E-state index contributed by atoms with van der Waals surface area (Å²) in [5.41, 5.74) is 0. The predicted molar refractivity (Wildman–Crippen MR) is 60.1 cm³/mol. The maximum Gasteiger partial charge on any atom is 0.186 e. The standard InChI is InChI=1S/C11H20O8/c1-4-7(14)10(6(13)3-17-4)19-11-9(16)8(15)5(12)2-18-11/h4-16H,2-3H2,1H3/t4-,5+,6-,7-,8-,9+,10-,11-/m0/s1. The summed E-state index contributed by atoms with van der Waals surface area (Å²) in [5, 5.41) is 48.2. The lowest BCUT2D eigenvalue weighted by Crippen LogP contribution is -2.59. The molecule has 0 radical (unpaired) electrons. The highest BCUT2D eigenvalue weighted by Gasteiger charge is 2.44. The number of rotatable bonds is 2. The number of hydrogen-bond acceptors (Lipinski definition) is 8. The van der Waals surface area contributed by atoms with Crippen molar-refractivity contribution >= 4 is 0 Å². The van der Waals surface area contributed by atoms with Crippen LogP contribution in [0.4, 0.5) is 0 Å². The molecule has 8 atom stereocenters. The van der Waals surface area contributed by atoms with Gasteiger partial charge >= 0.3 is 0 Å². The fourth-order valence-corrected chi connectivity index (χ4v) is 2.16. The first kappa shape index (κ1) is 15.1. The molecule has 0 saturated carbocycles. The van der Waals surface area contributed by atoms with Crippen molar-refractivity contribution in [2.75, 3.05) is 13.2 Å². The molecule has 2 fully saturated rings. The van der Waals surface area contributed by atoms with Crippen LogP contribution in [0.5, 0.6) is 0 Å². The van der Waals surface area contributed by atoms with E-state index in [1.165, 1.54) is 0 Å². The van der Waals surface area contributed by atoms with Gasteiger partial charge in [-0.15, -0.1) is 0 Å². The van der Waals surface area contributed by atoms with Crippen molar-refractivity contribution < 1.29 is 39.7 Å². The summed E-state index contributed by atoms with van der Waals surface area (Å²) in [4.78, 5) is 0. The molecule has 19 heavy (non-hydrogen) atoms. The fourth-order valence-electron chi connectivity index (χ4n) is 2.16. The van der Waals surface area contributed by atoms with Crippen molar-refractivity contribution in [1.82, 2.24) is 0 Å². The largest absolute Gasteiger partial charge is 0.388 e. The van der Waals surface area contributed by atoms with Crippen LogP contribution in [0.15, 0.2) is 0 Å². The van der Waals surface area contributed by atoms with Crippen LogP contribution in [-0.2, 0) is 14.2 Å². The normalized spacial score (nSPS) is 52.1. The number of aliphatic hydroxyl groups is 5. The van der Waals surface area contributed by atoms with Gasteiger partial charge in [0.05, 0.1) is 19.3 Å². The zero-order valence-electron chi connectivity index (χ0n) is 10.5. The summed E-state index contributed by atoms with van der Waals surface area (Å²) in [5.74, 6) is 0. The Morgan fingerprint density at radius 2 is 1.47 bits per heavy atom. The Morgan fingerprint density at radius 1 is 0.842 bits per heavy atom. The van der Waals surface area contributed by atoms with Crippen molar-refractivity contribution in [3.63, 3.8) is 0 Å². The van der Waals surface area contributed by atoms with Crippen molar-refractivity contribution in [3.8, 4) is 0 Å². The lowest BCUT2D eigenvalue weighted by molar-refractivity contribution is -0.313. The van der Waals surface area contributed by atoms with Gasteiger partial charge in [0.1, 0.15) is 36.6 Å². The fraction of sp³-hybridized carbons (Fsp3) is 1.00. The summed E-state index contributed by atoms with van der Waals surface area (Å²) < 4.78 is 15.5. The second kappa shape index (κ2) is 5.98. The van der Waals surface area contributed by atoms with Crippen molar-refractivity contribution in [2.24, 2.45) is 0 Å². The van der Waals surface area contributed by atoms with Gasteiger partial charge in [-0.1, -0.05) is 0 Å². The van der Waals surface area contributed by atoms with E-state index in [0.717, 1.165) is 0 Å². The molecule has 0 spiro atoms. The van der Waals surface area contributed by atoms with E-state index in [9.17, 15) is 25.5 Å². The molecule has 8 nitrogen and oxygen atoms in total. The van der Waals surface area contributed by atoms with E-state index in [2.05, 4.69) is 0 Å². The van der Waals surface area contributed by atoms with Crippen LogP contribution < -0.4 is 0 Å².